The summed E-state index contributed by atoms with van der Waals surface area (Å²) in [5.41, 5.74) is 7.93. The van der Waals surface area contributed by atoms with E-state index < -0.39 is 0 Å². The van der Waals surface area contributed by atoms with Crippen LogP contribution < -0.4 is 10.5 Å². The van der Waals surface area contributed by atoms with E-state index in [1.54, 1.807) is 7.11 Å². The molecule has 2 fully saturated rings. The van der Waals surface area contributed by atoms with Gasteiger partial charge in [-0.05, 0) is 44.5 Å². The second kappa shape index (κ2) is 5.62. The maximum Gasteiger partial charge on any atom is 0.123 e. The fourth-order valence-corrected chi connectivity index (χ4v) is 3.69. The molecule has 2 bridgehead atoms. The smallest absolute Gasteiger partial charge is 0.123 e. The minimum atomic E-state index is 0.717. The molecule has 2 atom stereocenters. The molecule has 4 nitrogen and oxygen atoms in total. The van der Waals surface area contributed by atoms with Crippen LogP contribution in [0.1, 0.15) is 24.8 Å². The Morgan fingerprint density at radius 3 is 2.85 bits per heavy atom. The third kappa shape index (κ3) is 2.63. The molecule has 2 aliphatic heterocycles. The Balaban J connectivity index is 1.73. The highest BCUT2D eigenvalue weighted by Crippen LogP contribution is 2.30. The molecule has 20 heavy (non-hydrogen) atoms. The summed E-state index contributed by atoms with van der Waals surface area (Å²) in [7, 11) is 4.01. The number of anilines is 1. The molecule has 2 heterocycles. The lowest BCUT2D eigenvalue weighted by atomic mass is 10.1. The molecule has 110 valence electrons. The predicted octanol–water partition coefficient (Wildman–Crippen LogP) is 1.95. The minimum absolute atomic E-state index is 0.717. The summed E-state index contributed by atoms with van der Waals surface area (Å²) in [6, 6.07) is 7.43. The number of likely N-dealkylation sites (N-methyl/N-ethyl adjacent to an activating group) is 1. The molecule has 1 aromatic carbocycles. The number of hydrogen-bond donors (Lipinski definition) is 1. The first-order valence-corrected chi connectivity index (χ1v) is 7.54. The van der Waals surface area contributed by atoms with Gasteiger partial charge in [-0.25, -0.2) is 0 Å². The van der Waals surface area contributed by atoms with Crippen molar-refractivity contribution in [3.8, 4) is 5.75 Å². The summed E-state index contributed by atoms with van der Waals surface area (Å²) < 4.78 is 5.46. The van der Waals surface area contributed by atoms with Crippen molar-refractivity contribution in [3.63, 3.8) is 0 Å². The second-order valence-corrected chi connectivity index (χ2v) is 6.15. The molecule has 2 saturated heterocycles. The Morgan fingerprint density at radius 2 is 2.05 bits per heavy atom. The Morgan fingerprint density at radius 1 is 1.25 bits per heavy atom. The molecule has 0 radical (unpaired) electrons. The number of nitrogens with zero attached hydrogens (tertiary/aromatic N) is 2. The van der Waals surface area contributed by atoms with Crippen molar-refractivity contribution in [2.24, 2.45) is 0 Å². The van der Waals surface area contributed by atoms with E-state index >= 15 is 0 Å². The molecule has 0 aromatic heterocycles. The molecule has 0 saturated carbocycles. The van der Waals surface area contributed by atoms with Gasteiger partial charge in [-0.2, -0.15) is 0 Å². The summed E-state index contributed by atoms with van der Waals surface area (Å²) in [4.78, 5) is 5.13. The topological polar surface area (TPSA) is 41.7 Å². The number of benzene rings is 1. The van der Waals surface area contributed by atoms with Crippen LogP contribution in [0.25, 0.3) is 0 Å². The summed E-state index contributed by atoms with van der Waals surface area (Å²) in [5, 5.41) is 0. The third-order valence-electron chi connectivity index (χ3n) is 4.93. The first-order valence-electron chi connectivity index (χ1n) is 7.54. The van der Waals surface area contributed by atoms with E-state index in [2.05, 4.69) is 16.8 Å². The number of fused-ring (bicyclic) bond motifs is 2. The lowest BCUT2D eigenvalue weighted by Gasteiger charge is -2.26. The zero-order chi connectivity index (χ0) is 14.1. The van der Waals surface area contributed by atoms with Crippen molar-refractivity contribution in [1.29, 1.82) is 0 Å². The summed E-state index contributed by atoms with van der Waals surface area (Å²) in [5.74, 6) is 0.946. The molecule has 0 aliphatic carbocycles. The molecule has 0 spiro atoms. The lowest BCUT2D eigenvalue weighted by Crippen LogP contribution is -2.36. The van der Waals surface area contributed by atoms with Gasteiger partial charge in [0.15, 0.2) is 0 Å². The zero-order valence-corrected chi connectivity index (χ0v) is 12.5. The van der Waals surface area contributed by atoms with Crippen molar-refractivity contribution in [2.75, 3.05) is 33.0 Å². The van der Waals surface area contributed by atoms with Gasteiger partial charge in [0.1, 0.15) is 5.75 Å². The summed E-state index contributed by atoms with van der Waals surface area (Å²) >= 11 is 0. The minimum Gasteiger partial charge on any atom is -0.496 e. The van der Waals surface area contributed by atoms with Crippen LogP contribution in [0.15, 0.2) is 18.2 Å². The number of methoxy groups -OCH3 is 1. The highest BCUT2D eigenvalue weighted by atomic mass is 16.5. The largest absolute Gasteiger partial charge is 0.496 e. The Hall–Kier alpha value is -1.26. The monoisotopic (exact) mass is 275 g/mol. The molecule has 4 heteroatoms. The molecule has 2 N–H and O–H groups in total. The second-order valence-electron chi connectivity index (χ2n) is 6.15. The SMILES string of the molecule is COc1ccc(N)cc1CN1CCC2CCC(C1)N2C. The van der Waals surface area contributed by atoms with Crippen LogP contribution in [0.2, 0.25) is 0 Å². The van der Waals surface area contributed by atoms with Gasteiger partial charge >= 0.3 is 0 Å². The van der Waals surface area contributed by atoms with Crippen molar-refractivity contribution >= 4 is 5.69 Å². The Labute approximate surface area is 121 Å². The zero-order valence-electron chi connectivity index (χ0n) is 12.5. The number of rotatable bonds is 3. The molecular formula is C16H25N3O. The average Bonchev–Trinajstić information content (AvgIpc) is 2.67. The third-order valence-corrected chi connectivity index (χ3v) is 4.93. The van der Waals surface area contributed by atoms with E-state index in [1.165, 1.54) is 31.4 Å². The number of hydrogen-bond acceptors (Lipinski definition) is 4. The normalized spacial score (nSPS) is 27.5. The molecule has 2 aliphatic rings. The number of likely N-dealkylation sites (tertiary alicyclic amines) is 1. The van der Waals surface area contributed by atoms with Crippen molar-refractivity contribution < 1.29 is 4.74 Å². The van der Waals surface area contributed by atoms with Gasteiger partial charge < -0.3 is 10.5 Å². The number of nitrogens with two attached hydrogens (primary N) is 1. The van der Waals surface area contributed by atoms with Crippen molar-refractivity contribution in [2.45, 2.75) is 37.9 Å². The van der Waals surface area contributed by atoms with Crippen molar-refractivity contribution in [1.82, 2.24) is 9.80 Å². The fourth-order valence-electron chi connectivity index (χ4n) is 3.69. The van der Waals surface area contributed by atoms with Gasteiger partial charge in [-0.15, -0.1) is 0 Å². The van der Waals surface area contributed by atoms with Crippen LogP contribution in [0.4, 0.5) is 5.69 Å². The van der Waals surface area contributed by atoms with Gasteiger partial charge in [-0.1, -0.05) is 0 Å². The molecule has 3 rings (SSSR count). The first-order chi connectivity index (χ1) is 9.67. The highest BCUT2D eigenvalue weighted by molar-refractivity contribution is 5.47. The summed E-state index contributed by atoms with van der Waals surface area (Å²) in [6.07, 6.45) is 3.99. The van der Waals surface area contributed by atoms with Crippen LogP contribution in [-0.2, 0) is 6.54 Å². The molecule has 0 amide bonds. The Bertz CT molecular complexity index is 477. The fraction of sp³-hybridized carbons (Fsp3) is 0.625. The van der Waals surface area contributed by atoms with Gasteiger partial charge in [-0.3, -0.25) is 9.80 Å². The standard InChI is InChI=1S/C16H25N3O/c1-18-14-4-5-15(18)11-19(8-7-14)10-12-9-13(17)3-6-16(12)20-2/h3,6,9,14-15H,4-5,7-8,10-11,17H2,1-2H3. The first kappa shape index (κ1) is 13.7. The predicted molar refractivity (Wildman–Crippen MR) is 81.9 cm³/mol. The van der Waals surface area contributed by atoms with Gasteiger partial charge in [0.25, 0.3) is 0 Å². The molecule has 2 unspecified atom stereocenters. The van der Waals surface area contributed by atoms with Crippen LogP contribution >= 0.6 is 0 Å². The van der Waals surface area contributed by atoms with E-state index in [0.717, 1.165) is 36.6 Å². The van der Waals surface area contributed by atoms with Crippen LogP contribution in [-0.4, -0.2) is 49.1 Å². The van der Waals surface area contributed by atoms with Gasteiger partial charge in [0, 0.05) is 43.0 Å². The van der Waals surface area contributed by atoms with E-state index in [4.69, 9.17) is 10.5 Å². The number of ether oxygens (including phenoxy) is 1. The van der Waals surface area contributed by atoms with Crippen molar-refractivity contribution in [3.05, 3.63) is 23.8 Å². The highest BCUT2D eigenvalue weighted by Gasteiger charge is 2.34. The van der Waals surface area contributed by atoms with Crippen LogP contribution in [0, 0.1) is 0 Å². The van der Waals surface area contributed by atoms with Crippen LogP contribution in [0.3, 0.4) is 0 Å². The molecule has 1 aromatic rings. The van der Waals surface area contributed by atoms with Crippen LogP contribution in [0.5, 0.6) is 5.75 Å². The van der Waals surface area contributed by atoms with E-state index in [-0.39, 0.29) is 0 Å². The Kier molecular flexibility index (Phi) is 3.85. The van der Waals surface area contributed by atoms with E-state index in [1.807, 2.05) is 18.2 Å². The summed E-state index contributed by atoms with van der Waals surface area (Å²) in [6.45, 7) is 3.26. The maximum atomic E-state index is 5.92. The number of nitrogen functional groups attached to an aromatic ring is 1. The van der Waals surface area contributed by atoms with E-state index in [0.29, 0.717) is 0 Å². The quantitative estimate of drug-likeness (QED) is 0.856. The van der Waals surface area contributed by atoms with E-state index in [9.17, 15) is 0 Å². The van der Waals surface area contributed by atoms with Gasteiger partial charge in [0.05, 0.1) is 7.11 Å². The average molecular weight is 275 g/mol. The van der Waals surface area contributed by atoms with Gasteiger partial charge in [0.2, 0.25) is 0 Å². The maximum absolute atomic E-state index is 5.92. The lowest BCUT2D eigenvalue weighted by molar-refractivity contribution is 0.213. The molecular weight excluding hydrogens is 250 g/mol.